The molecule has 3 aromatic rings. The predicted octanol–water partition coefficient (Wildman–Crippen LogP) is 1.98. The van der Waals surface area contributed by atoms with E-state index in [4.69, 9.17) is 5.21 Å². The lowest BCUT2D eigenvalue weighted by molar-refractivity contribution is 0.383. The summed E-state index contributed by atoms with van der Waals surface area (Å²) in [4.78, 5) is 12.4. The van der Waals surface area contributed by atoms with Crippen molar-refractivity contribution in [2.75, 3.05) is 5.48 Å². The highest BCUT2D eigenvalue weighted by Crippen LogP contribution is 2.22. The zero-order valence-corrected chi connectivity index (χ0v) is 8.25. The Bertz CT molecular complexity index is 668. The van der Waals surface area contributed by atoms with Gasteiger partial charge in [-0.25, -0.2) is 15.4 Å². The fourth-order valence-corrected chi connectivity index (χ4v) is 1.70. The summed E-state index contributed by atoms with van der Waals surface area (Å²) < 4.78 is 0. The molecule has 0 radical (unpaired) electrons. The molecule has 3 rings (SSSR count). The van der Waals surface area contributed by atoms with E-state index in [0.29, 0.717) is 0 Å². The predicted molar refractivity (Wildman–Crippen MR) is 60.2 cm³/mol. The van der Waals surface area contributed by atoms with Crippen LogP contribution in [0.3, 0.4) is 0 Å². The normalized spacial score (nSPS) is 10.8. The summed E-state index contributed by atoms with van der Waals surface area (Å²) in [5.74, 6) is 0.184. The average Bonchev–Trinajstić information content (AvgIpc) is 2.38. The Labute approximate surface area is 90.8 Å². The van der Waals surface area contributed by atoms with Crippen molar-refractivity contribution in [1.82, 2.24) is 15.0 Å². The number of rotatable bonds is 1. The van der Waals surface area contributed by atoms with E-state index in [-0.39, 0.29) is 5.95 Å². The van der Waals surface area contributed by atoms with Crippen LogP contribution in [0.5, 0.6) is 0 Å². The molecular weight excluding hydrogens is 204 g/mol. The molecule has 0 aliphatic carbocycles. The molecule has 2 heterocycles. The number of hydrogen-bond acceptors (Lipinski definition) is 5. The van der Waals surface area contributed by atoms with Crippen LogP contribution in [0, 0.1) is 0 Å². The number of nitrogens with zero attached hydrogens (tertiary/aromatic N) is 3. The van der Waals surface area contributed by atoms with Gasteiger partial charge in [0.25, 0.3) is 0 Å². The maximum Gasteiger partial charge on any atom is 0.247 e. The molecule has 16 heavy (non-hydrogen) atoms. The molecule has 0 atom stereocenters. The third kappa shape index (κ3) is 1.26. The maximum atomic E-state index is 8.78. The van der Waals surface area contributed by atoms with Crippen molar-refractivity contribution in [3.8, 4) is 0 Å². The molecule has 0 aliphatic rings. The summed E-state index contributed by atoms with van der Waals surface area (Å²) in [6.45, 7) is 0. The van der Waals surface area contributed by atoms with Gasteiger partial charge in [-0.3, -0.25) is 10.2 Å². The Kier molecular flexibility index (Phi) is 1.91. The van der Waals surface area contributed by atoms with Crippen molar-refractivity contribution in [1.29, 1.82) is 0 Å². The minimum absolute atomic E-state index is 0.184. The van der Waals surface area contributed by atoms with Gasteiger partial charge in [0.05, 0.1) is 11.0 Å². The number of benzene rings is 1. The van der Waals surface area contributed by atoms with Crippen LogP contribution in [0.15, 0.2) is 36.7 Å². The largest absolute Gasteiger partial charge is 0.288 e. The first-order valence-corrected chi connectivity index (χ1v) is 4.79. The van der Waals surface area contributed by atoms with Crippen LogP contribution in [0.25, 0.3) is 21.8 Å². The SMILES string of the molecule is ONc1ncc2ccc3ncccc3c2n1. The molecule has 2 N–H and O–H groups in total. The molecule has 5 heteroatoms. The van der Waals surface area contributed by atoms with Crippen molar-refractivity contribution in [2.24, 2.45) is 0 Å². The quantitative estimate of drug-likeness (QED) is 0.476. The van der Waals surface area contributed by atoms with E-state index >= 15 is 0 Å². The van der Waals surface area contributed by atoms with Crippen molar-refractivity contribution in [3.05, 3.63) is 36.7 Å². The zero-order valence-electron chi connectivity index (χ0n) is 8.25. The lowest BCUT2D eigenvalue weighted by Crippen LogP contribution is -1.96. The first-order valence-electron chi connectivity index (χ1n) is 4.79. The minimum atomic E-state index is 0.184. The van der Waals surface area contributed by atoms with Gasteiger partial charge in [-0.05, 0) is 24.3 Å². The van der Waals surface area contributed by atoms with E-state index in [0.717, 1.165) is 21.8 Å². The van der Waals surface area contributed by atoms with Gasteiger partial charge >= 0.3 is 0 Å². The Morgan fingerprint density at radius 2 is 2.06 bits per heavy atom. The van der Waals surface area contributed by atoms with E-state index in [9.17, 15) is 0 Å². The van der Waals surface area contributed by atoms with Crippen molar-refractivity contribution >= 4 is 27.8 Å². The molecular formula is C11H8N4O. The molecule has 0 aliphatic heterocycles. The average molecular weight is 212 g/mol. The van der Waals surface area contributed by atoms with Gasteiger partial charge in [0.15, 0.2) is 0 Å². The fraction of sp³-hybridized carbons (Fsp3) is 0. The van der Waals surface area contributed by atoms with Crippen LogP contribution < -0.4 is 5.48 Å². The van der Waals surface area contributed by atoms with Crippen LogP contribution in [-0.4, -0.2) is 20.2 Å². The summed E-state index contributed by atoms with van der Waals surface area (Å²) in [6, 6.07) is 7.63. The number of pyridine rings is 1. The van der Waals surface area contributed by atoms with E-state index in [1.165, 1.54) is 0 Å². The van der Waals surface area contributed by atoms with Gasteiger partial charge in [-0.2, -0.15) is 0 Å². The molecule has 0 saturated carbocycles. The molecule has 1 aromatic carbocycles. The van der Waals surface area contributed by atoms with Gasteiger partial charge in [0.1, 0.15) is 0 Å². The molecule has 5 nitrogen and oxygen atoms in total. The van der Waals surface area contributed by atoms with Crippen LogP contribution in [-0.2, 0) is 0 Å². The van der Waals surface area contributed by atoms with Gasteiger partial charge in [0.2, 0.25) is 5.95 Å². The Balaban J connectivity index is 2.47. The van der Waals surface area contributed by atoms with Crippen molar-refractivity contribution in [3.63, 3.8) is 0 Å². The van der Waals surface area contributed by atoms with E-state index in [1.54, 1.807) is 12.4 Å². The summed E-state index contributed by atoms with van der Waals surface area (Å²) >= 11 is 0. The summed E-state index contributed by atoms with van der Waals surface area (Å²) in [5, 5.41) is 10.6. The van der Waals surface area contributed by atoms with Crippen LogP contribution in [0.4, 0.5) is 5.95 Å². The summed E-state index contributed by atoms with van der Waals surface area (Å²) in [5.41, 5.74) is 3.59. The van der Waals surface area contributed by atoms with E-state index < -0.39 is 0 Å². The molecule has 2 aromatic heterocycles. The molecule has 0 saturated heterocycles. The lowest BCUT2D eigenvalue weighted by Gasteiger charge is -2.03. The molecule has 0 amide bonds. The Hall–Kier alpha value is -2.27. The first kappa shape index (κ1) is 8.99. The molecule has 78 valence electrons. The third-order valence-corrected chi connectivity index (χ3v) is 2.43. The Morgan fingerprint density at radius 1 is 1.12 bits per heavy atom. The number of hydrogen-bond donors (Lipinski definition) is 2. The fourth-order valence-electron chi connectivity index (χ4n) is 1.70. The van der Waals surface area contributed by atoms with Gasteiger partial charge < -0.3 is 0 Å². The van der Waals surface area contributed by atoms with E-state index in [2.05, 4.69) is 15.0 Å². The minimum Gasteiger partial charge on any atom is -0.288 e. The number of aromatic nitrogens is 3. The number of anilines is 1. The molecule has 0 unspecified atom stereocenters. The van der Waals surface area contributed by atoms with Crippen molar-refractivity contribution in [2.45, 2.75) is 0 Å². The first-order chi connectivity index (χ1) is 7.88. The Morgan fingerprint density at radius 3 is 2.94 bits per heavy atom. The monoisotopic (exact) mass is 212 g/mol. The number of nitrogens with one attached hydrogen (secondary N) is 1. The smallest absolute Gasteiger partial charge is 0.247 e. The molecule has 0 bridgehead atoms. The van der Waals surface area contributed by atoms with E-state index in [1.807, 2.05) is 29.7 Å². The topological polar surface area (TPSA) is 70.9 Å². The second kappa shape index (κ2) is 3.39. The van der Waals surface area contributed by atoms with Crippen LogP contribution >= 0.6 is 0 Å². The summed E-state index contributed by atoms with van der Waals surface area (Å²) in [7, 11) is 0. The molecule has 0 spiro atoms. The second-order valence-electron chi connectivity index (χ2n) is 3.38. The van der Waals surface area contributed by atoms with Gasteiger partial charge in [-0.1, -0.05) is 0 Å². The van der Waals surface area contributed by atoms with Gasteiger partial charge in [0, 0.05) is 23.2 Å². The standard InChI is InChI=1S/C11H8N4O/c16-15-11-13-6-7-3-4-9-8(10(7)14-11)2-1-5-12-9/h1-6,16H,(H,13,14,15). The van der Waals surface area contributed by atoms with Crippen LogP contribution in [0.2, 0.25) is 0 Å². The highest BCUT2D eigenvalue weighted by atomic mass is 16.5. The molecule has 0 fully saturated rings. The number of fused-ring (bicyclic) bond motifs is 3. The van der Waals surface area contributed by atoms with Crippen LogP contribution in [0.1, 0.15) is 0 Å². The highest BCUT2D eigenvalue weighted by molar-refractivity contribution is 6.03. The third-order valence-electron chi connectivity index (χ3n) is 2.43. The van der Waals surface area contributed by atoms with Gasteiger partial charge in [-0.15, -0.1) is 0 Å². The summed E-state index contributed by atoms with van der Waals surface area (Å²) in [6.07, 6.45) is 3.40. The zero-order chi connectivity index (χ0) is 11.0. The maximum absolute atomic E-state index is 8.78. The second-order valence-corrected chi connectivity index (χ2v) is 3.38. The highest BCUT2D eigenvalue weighted by Gasteiger charge is 2.03. The lowest BCUT2D eigenvalue weighted by atomic mass is 10.1. The van der Waals surface area contributed by atoms with Crippen molar-refractivity contribution < 1.29 is 5.21 Å².